The molecule has 1 N–H and O–H groups in total. The summed E-state index contributed by atoms with van der Waals surface area (Å²) in [7, 11) is 0. The summed E-state index contributed by atoms with van der Waals surface area (Å²) in [5.74, 6) is -1.45. The Balaban J connectivity index is 1.98. The molecule has 0 atom stereocenters. The third-order valence-corrected chi connectivity index (χ3v) is 5.03. The van der Waals surface area contributed by atoms with Gasteiger partial charge >= 0.3 is 6.36 Å². The maximum Gasteiger partial charge on any atom is 0.573 e. The molecule has 1 aliphatic heterocycles. The number of benzene rings is 2. The molecule has 0 bridgehead atoms. The van der Waals surface area contributed by atoms with E-state index in [-0.39, 0.29) is 23.5 Å². The van der Waals surface area contributed by atoms with Gasteiger partial charge in [0.25, 0.3) is 11.8 Å². The summed E-state index contributed by atoms with van der Waals surface area (Å²) in [5, 5.41) is 2.86. The molecule has 6 nitrogen and oxygen atoms in total. The SMILES string of the molecule is CCOCCCN1C(=O)C(Nc2cccc(OC(F)(F)F)c2)=C(c2ccc(C)cc2C)C1=O. The molecule has 2 aromatic carbocycles. The lowest BCUT2D eigenvalue weighted by atomic mass is 9.97. The van der Waals surface area contributed by atoms with E-state index in [0.717, 1.165) is 28.2 Å². The Morgan fingerprint density at radius 2 is 1.79 bits per heavy atom. The van der Waals surface area contributed by atoms with Crippen LogP contribution in [0.5, 0.6) is 5.75 Å². The normalized spacial score (nSPS) is 14.3. The van der Waals surface area contributed by atoms with Gasteiger partial charge in [0.1, 0.15) is 11.4 Å². The molecule has 3 rings (SSSR count). The van der Waals surface area contributed by atoms with E-state index in [1.807, 2.05) is 32.9 Å². The first-order chi connectivity index (χ1) is 15.6. The van der Waals surface area contributed by atoms with Crippen LogP contribution in [0.3, 0.4) is 0 Å². The molecule has 0 aromatic heterocycles. The van der Waals surface area contributed by atoms with Crippen LogP contribution in [0.1, 0.15) is 30.0 Å². The Labute approximate surface area is 190 Å². The summed E-state index contributed by atoms with van der Waals surface area (Å²) < 4.78 is 47.1. The van der Waals surface area contributed by atoms with Crippen molar-refractivity contribution in [2.45, 2.75) is 33.6 Å². The van der Waals surface area contributed by atoms with Crippen molar-refractivity contribution in [3.8, 4) is 5.75 Å². The number of alkyl halides is 3. The van der Waals surface area contributed by atoms with Gasteiger partial charge in [0.2, 0.25) is 0 Å². The van der Waals surface area contributed by atoms with Gasteiger partial charge in [0.05, 0.1) is 5.57 Å². The minimum Gasteiger partial charge on any atom is -0.406 e. The first-order valence-corrected chi connectivity index (χ1v) is 10.5. The number of imide groups is 1. The van der Waals surface area contributed by atoms with Crippen LogP contribution in [0.2, 0.25) is 0 Å². The zero-order chi connectivity index (χ0) is 24.2. The van der Waals surface area contributed by atoms with Gasteiger partial charge in [-0.3, -0.25) is 14.5 Å². The van der Waals surface area contributed by atoms with E-state index in [4.69, 9.17) is 4.74 Å². The number of hydrogen-bond donors (Lipinski definition) is 1. The van der Waals surface area contributed by atoms with E-state index >= 15 is 0 Å². The molecular formula is C24H25F3N2O4. The summed E-state index contributed by atoms with van der Waals surface area (Å²) in [6.45, 7) is 6.68. The summed E-state index contributed by atoms with van der Waals surface area (Å²) >= 11 is 0. The zero-order valence-corrected chi connectivity index (χ0v) is 18.6. The number of aryl methyl sites for hydroxylation is 2. The van der Waals surface area contributed by atoms with Crippen LogP contribution in [-0.2, 0) is 14.3 Å². The second-order valence-corrected chi connectivity index (χ2v) is 7.58. The number of amides is 2. The monoisotopic (exact) mass is 462 g/mol. The van der Waals surface area contributed by atoms with Crippen molar-refractivity contribution in [1.82, 2.24) is 4.90 Å². The van der Waals surface area contributed by atoms with Crippen molar-refractivity contribution in [3.05, 3.63) is 64.9 Å². The molecule has 2 amide bonds. The molecule has 1 aliphatic rings. The summed E-state index contributed by atoms with van der Waals surface area (Å²) in [6.07, 6.45) is -4.38. The third kappa shape index (κ3) is 5.92. The number of carbonyl (C=O) groups excluding carboxylic acids is 2. The molecule has 0 saturated heterocycles. The first-order valence-electron chi connectivity index (χ1n) is 10.5. The van der Waals surface area contributed by atoms with E-state index in [0.29, 0.717) is 25.2 Å². The number of ether oxygens (including phenoxy) is 2. The van der Waals surface area contributed by atoms with Crippen LogP contribution in [0, 0.1) is 13.8 Å². The van der Waals surface area contributed by atoms with Crippen molar-refractivity contribution in [3.63, 3.8) is 0 Å². The van der Waals surface area contributed by atoms with Crippen molar-refractivity contribution < 1.29 is 32.2 Å². The lowest BCUT2D eigenvalue weighted by molar-refractivity contribution is -0.274. The second-order valence-electron chi connectivity index (χ2n) is 7.58. The number of hydrogen-bond acceptors (Lipinski definition) is 5. The molecule has 0 saturated carbocycles. The molecule has 33 heavy (non-hydrogen) atoms. The van der Waals surface area contributed by atoms with Gasteiger partial charge in [0.15, 0.2) is 0 Å². The van der Waals surface area contributed by atoms with E-state index in [2.05, 4.69) is 10.1 Å². The molecule has 1 heterocycles. The molecule has 0 radical (unpaired) electrons. The van der Waals surface area contributed by atoms with Crippen molar-refractivity contribution in [2.75, 3.05) is 25.1 Å². The van der Waals surface area contributed by atoms with Crippen LogP contribution in [0.15, 0.2) is 48.2 Å². The number of anilines is 1. The molecule has 0 spiro atoms. The smallest absolute Gasteiger partial charge is 0.406 e. The van der Waals surface area contributed by atoms with Gasteiger partial charge in [0, 0.05) is 31.5 Å². The highest BCUT2D eigenvalue weighted by atomic mass is 19.4. The standard InChI is InChI=1S/C24H25F3N2O4/c1-4-32-12-6-11-29-22(30)20(19-10-9-15(2)13-16(19)3)21(23(29)31)28-17-7-5-8-18(14-17)33-24(25,26)27/h5,7-10,13-14,28H,4,6,11-12H2,1-3H3. The Kier molecular flexibility index (Phi) is 7.43. The average Bonchev–Trinajstić information content (AvgIpc) is 2.94. The van der Waals surface area contributed by atoms with Crippen molar-refractivity contribution >= 4 is 23.1 Å². The highest BCUT2D eigenvalue weighted by molar-refractivity contribution is 6.36. The Morgan fingerprint density at radius 1 is 1.03 bits per heavy atom. The van der Waals surface area contributed by atoms with Crippen LogP contribution in [0.25, 0.3) is 5.57 Å². The highest BCUT2D eigenvalue weighted by Gasteiger charge is 2.39. The van der Waals surface area contributed by atoms with Crippen LogP contribution < -0.4 is 10.1 Å². The third-order valence-electron chi connectivity index (χ3n) is 5.03. The summed E-state index contributed by atoms with van der Waals surface area (Å²) in [6, 6.07) is 10.6. The Hall–Kier alpha value is -3.33. The minimum atomic E-state index is -4.85. The molecule has 9 heteroatoms. The molecule has 0 unspecified atom stereocenters. The van der Waals surface area contributed by atoms with Gasteiger partial charge in [-0.15, -0.1) is 13.2 Å². The topological polar surface area (TPSA) is 67.9 Å². The number of halogens is 3. The van der Waals surface area contributed by atoms with E-state index in [1.54, 1.807) is 6.07 Å². The Morgan fingerprint density at radius 3 is 2.45 bits per heavy atom. The summed E-state index contributed by atoms with van der Waals surface area (Å²) in [4.78, 5) is 27.6. The highest BCUT2D eigenvalue weighted by Crippen LogP contribution is 2.33. The fourth-order valence-corrected chi connectivity index (χ4v) is 3.62. The Bertz CT molecular complexity index is 1080. The first kappa shape index (κ1) is 24.3. The number of rotatable bonds is 9. The van der Waals surface area contributed by atoms with Gasteiger partial charge in [-0.1, -0.05) is 29.8 Å². The molecule has 2 aromatic rings. The van der Waals surface area contributed by atoms with Crippen molar-refractivity contribution in [1.29, 1.82) is 0 Å². The van der Waals surface area contributed by atoms with E-state index in [1.165, 1.54) is 12.1 Å². The lowest BCUT2D eigenvalue weighted by Crippen LogP contribution is -2.34. The maximum absolute atomic E-state index is 13.3. The van der Waals surface area contributed by atoms with Crippen LogP contribution in [0.4, 0.5) is 18.9 Å². The molecule has 176 valence electrons. The fraction of sp³-hybridized carbons (Fsp3) is 0.333. The van der Waals surface area contributed by atoms with Gasteiger partial charge in [-0.2, -0.15) is 0 Å². The molecule has 0 fully saturated rings. The quantitative estimate of drug-likeness (QED) is 0.428. The summed E-state index contributed by atoms with van der Waals surface area (Å²) in [5.41, 5.74) is 2.75. The number of nitrogens with one attached hydrogen (secondary N) is 1. The lowest BCUT2D eigenvalue weighted by Gasteiger charge is -2.15. The van der Waals surface area contributed by atoms with Crippen molar-refractivity contribution in [2.24, 2.45) is 0 Å². The van der Waals surface area contributed by atoms with Crippen LogP contribution in [-0.4, -0.2) is 42.8 Å². The van der Waals surface area contributed by atoms with Gasteiger partial charge in [-0.25, -0.2) is 0 Å². The van der Waals surface area contributed by atoms with Crippen LogP contribution >= 0.6 is 0 Å². The average molecular weight is 462 g/mol. The second kappa shape index (κ2) is 10.1. The number of nitrogens with zero attached hydrogens (tertiary/aromatic N) is 1. The fourth-order valence-electron chi connectivity index (χ4n) is 3.62. The van der Waals surface area contributed by atoms with E-state index < -0.39 is 23.9 Å². The predicted octanol–water partition coefficient (Wildman–Crippen LogP) is 4.82. The predicted molar refractivity (Wildman–Crippen MR) is 117 cm³/mol. The number of carbonyl (C=O) groups is 2. The van der Waals surface area contributed by atoms with E-state index in [9.17, 15) is 22.8 Å². The molecular weight excluding hydrogens is 437 g/mol. The largest absolute Gasteiger partial charge is 0.573 e. The molecule has 0 aliphatic carbocycles. The zero-order valence-electron chi connectivity index (χ0n) is 18.6. The van der Waals surface area contributed by atoms with Gasteiger partial charge < -0.3 is 14.8 Å². The maximum atomic E-state index is 13.3. The van der Waals surface area contributed by atoms with Gasteiger partial charge in [-0.05, 0) is 50.5 Å². The minimum absolute atomic E-state index is 0.00696.